The molecule has 1 saturated heterocycles. The first-order valence-corrected chi connectivity index (χ1v) is 50.5. The summed E-state index contributed by atoms with van der Waals surface area (Å²) in [7, 11) is 0. The van der Waals surface area contributed by atoms with E-state index in [4.69, 9.17) is 4.74 Å². The van der Waals surface area contributed by atoms with E-state index in [2.05, 4.69) is 352 Å². The fourth-order valence-corrected chi connectivity index (χ4v) is 19.1. The molecule has 0 spiro atoms. The Bertz CT molecular complexity index is 8110. The molecule has 25 nitrogen and oxygen atoms in total. The van der Waals surface area contributed by atoms with Gasteiger partial charge >= 0.3 is 0 Å². The van der Waals surface area contributed by atoms with Gasteiger partial charge in [0.2, 0.25) is 28.4 Å². The van der Waals surface area contributed by atoms with E-state index >= 15 is 0 Å². The molecule has 25 heteroatoms. The molecular formula is C123H128N20O5. The molecule has 0 saturated carbocycles. The summed E-state index contributed by atoms with van der Waals surface area (Å²) in [5.74, 6) is -0.734. The Labute approximate surface area is 862 Å². The van der Waals surface area contributed by atoms with Crippen LogP contribution in [0.25, 0.3) is 44.1 Å². The predicted octanol–water partition coefficient (Wildman–Crippen LogP) is 19.7. The maximum absolute atomic E-state index is 13.1. The van der Waals surface area contributed by atoms with Gasteiger partial charge in [-0.2, -0.15) is 5.10 Å². The van der Waals surface area contributed by atoms with Crippen molar-refractivity contribution < 1.29 is 23.9 Å². The van der Waals surface area contributed by atoms with Gasteiger partial charge in [0.25, 0.3) is 17.7 Å². The van der Waals surface area contributed by atoms with Gasteiger partial charge in [0, 0.05) is 44.3 Å². The number of carbonyl (C=O) groups is 4. The van der Waals surface area contributed by atoms with Crippen molar-refractivity contribution in [2.24, 2.45) is 5.92 Å². The zero-order valence-electron chi connectivity index (χ0n) is 85.6. The van der Waals surface area contributed by atoms with Crippen LogP contribution in [0.1, 0.15) is 156 Å². The Hall–Kier alpha value is -17.1. The summed E-state index contributed by atoms with van der Waals surface area (Å²) < 4.78 is 21.6. The minimum atomic E-state index is -0.280. The molecule has 1 aliphatic rings. The van der Waals surface area contributed by atoms with Crippen molar-refractivity contribution >= 4 is 67.8 Å². The van der Waals surface area contributed by atoms with E-state index in [-0.39, 0.29) is 59.4 Å². The van der Waals surface area contributed by atoms with Gasteiger partial charge in [-0.3, -0.25) is 45.8 Å². The highest BCUT2D eigenvalue weighted by Crippen LogP contribution is 2.30. The largest absolute Gasteiger partial charge is 0.380 e. The first-order chi connectivity index (χ1) is 71.8. The second-order valence-corrected chi connectivity index (χ2v) is 38.9. The molecular weight excluding hydrogens is 1840 g/mol. The van der Waals surface area contributed by atoms with Crippen LogP contribution >= 0.6 is 0 Å². The van der Waals surface area contributed by atoms with E-state index in [1.54, 1.807) is 30.6 Å². The molecule has 8 heterocycles. The number of aryl methyl sites for hydroxylation is 10. The summed E-state index contributed by atoms with van der Waals surface area (Å²) in [6, 6.07) is 112. The third-order valence-corrected chi connectivity index (χ3v) is 27.5. The van der Waals surface area contributed by atoms with Crippen LogP contribution in [0.3, 0.4) is 0 Å². The molecule has 750 valence electrons. The van der Waals surface area contributed by atoms with Crippen molar-refractivity contribution in [1.82, 2.24) is 78.0 Å². The Morgan fingerprint density at radius 2 is 0.568 bits per heavy atom. The lowest BCUT2D eigenvalue weighted by Gasteiger charge is -2.27. The lowest BCUT2D eigenvalue weighted by atomic mass is 10.0. The van der Waals surface area contributed by atoms with E-state index in [9.17, 15) is 40.8 Å². The SMILES string of the molecule is Cc1ccc(C[C@@H](CNC(=O)C2COC2)n2c(=N)n(Cc3ccc(C)cc3)c3ccccc32)cc1.Cc1ccc(C[C@@H](CNC(=O)c2cccc(C)n2)n2c(=N)n(Cc3ccc(C)cc3)c3ccccc32)cc1.Cc1ccc(C[C@@H](CNC(=O)c2cccnn2)n2c(=N)n(Cc3ccc(C)cc3)c3ccccc32)cc1.Cc1ccc(C[C@@H](CNC(=O)c2ncccc2C)n2c(=N)n(Cc3ccc(C)cc3)c3ccccc32)cc1. The number of carbonyl (C=O) groups excluding carboxylic acids is 4. The highest BCUT2D eigenvalue weighted by atomic mass is 16.5. The molecule has 0 unspecified atom stereocenters. The van der Waals surface area contributed by atoms with Crippen molar-refractivity contribution in [3.05, 3.63) is 486 Å². The summed E-state index contributed by atoms with van der Waals surface area (Å²) in [4.78, 5) is 60.2. The van der Waals surface area contributed by atoms with Crippen LogP contribution in [0.5, 0.6) is 0 Å². The summed E-state index contributed by atoms with van der Waals surface area (Å²) in [5.41, 5.74) is 31.2. The van der Waals surface area contributed by atoms with Crippen molar-refractivity contribution in [1.29, 1.82) is 21.6 Å². The molecule has 4 atom stereocenters. The van der Waals surface area contributed by atoms with Gasteiger partial charge in [-0.15, -0.1) is 5.10 Å². The van der Waals surface area contributed by atoms with Gasteiger partial charge in [0.15, 0.2) is 5.69 Å². The molecule has 0 bridgehead atoms. The van der Waals surface area contributed by atoms with Crippen LogP contribution in [-0.2, 0) is 61.4 Å². The minimum absolute atomic E-state index is 0.0284. The van der Waals surface area contributed by atoms with E-state index in [0.29, 0.717) is 119 Å². The number of para-hydroxylation sites is 8. The van der Waals surface area contributed by atoms with E-state index in [1.165, 1.54) is 50.1 Å². The van der Waals surface area contributed by atoms with Crippen molar-refractivity contribution in [2.75, 3.05) is 39.4 Å². The summed E-state index contributed by atoms with van der Waals surface area (Å²) in [6.45, 7) is 25.3. The Morgan fingerprint density at radius 3 is 0.845 bits per heavy atom. The fraction of sp³-hybridized carbons (Fsp3) is 0.236. The van der Waals surface area contributed by atoms with E-state index in [1.807, 2.05) is 111 Å². The third-order valence-electron chi connectivity index (χ3n) is 27.5. The van der Waals surface area contributed by atoms with Crippen molar-refractivity contribution in [3.63, 3.8) is 0 Å². The molecule has 0 radical (unpaired) electrons. The molecule has 0 aliphatic carbocycles. The lowest BCUT2D eigenvalue weighted by Crippen LogP contribution is -2.45. The molecule has 12 aromatic carbocycles. The average molecular weight is 1970 g/mol. The predicted molar refractivity (Wildman–Crippen MR) is 584 cm³/mol. The number of hydrogen-bond acceptors (Lipinski definition) is 13. The number of ether oxygens (including phenoxy) is 1. The first-order valence-electron chi connectivity index (χ1n) is 50.5. The number of amides is 4. The maximum Gasteiger partial charge on any atom is 0.271 e. The van der Waals surface area contributed by atoms with Gasteiger partial charge in [0.05, 0.1) is 114 Å². The number of nitrogens with zero attached hydrogens (tertiary/aromatic N) is 12. The second-order valence-electron chi connectivity index (χ2n) is 38.9. The number of fused-ring (bicyclic) bond motifs is 4. The zero-order chi connectivity index (χ0) is 103. The summed E-state index contributed by atoms with van der Waals surface area (Å²) in [5, 5.41) is 57.1. The van der Waals surface area contributed by atoms with Crippen LogP contribution < -0.4 is 43.7 Å². The number of hydrogen-bond donors (Lipinski definition) is 8. The molecule has 20 rings (SSSR count). The number of pyridine rings is 2. The van der Waals surface area contributed by atoms with Crippen LogP contribution in [0.4, 0.5) is 0 Å². The van der Waals surface area contributed by atoms with E-state index in [0.717, 1.165) is 101 Å². The summed E-state index contributed by atoms with van der Waals surface area (Å²) >= 11 is 0. The minimum Gasteiger partial charge on any atom is -0.380 e. The highest BCUT2D eigenvalue weighted by Gasteiger charge is 2.31. The number of benzene rings is 12. The number of nitrogens with one attached hydrogen (secondary N) is 8. The molecule has 1 fully saturated rings. The van der Waals surface area contributed by atoms with Crippen LogP contribution in [0, 0.1) is 96.8 Å². The molecule has 148 heavy (non-hydrogen) atoms. The third kappa shape index (κ3) is 25.1. The molecule has 8 N–H and O–H groups in total. The van der Waals surface area contributed by atoms with Crippen LogP contribution in [-0.4, -0.2) is 120 Å². The molecule has 7 aromatic heterocycles. The standard InChI is InChI=1S/2C32H33N5O.C30H30N6O.C29H32N4O2/c1-22-11-15-25(16-12-22)19-27(20-34-31(38)28-8-6-7-24(3)35-28)37-30-10-5-4-9-29(30)36(32(37)33)21-26-17-13-23(2)14-18-26;1-22-10-14-25(15-11-22)19-27(20-35-31(38)30-24(3)7-6-18-34-30)37-29-9-5-4-8-28(29)36(32(37)33)21-26-16-12-23(2)13-17-26;1-21-9-13-23(14-10-21)18-25(19-32-29(37)26-6-5-17-33-34-26)36-28-8-4-3-7-27(28)35(30(36)31)20-24-15-11-22(2)12-16-24;1-20-7-11-22(12-8-20)15-25(16-31-28(34)24-18-35-19-24)33-27-6-4-3-5-26(27)32(29(33)30)17-23-13-9-21(2)10-14-23/h4-18,27,33H,19-21H2,1-3H3,(H,34,38);4-18,27,33H,19-21H2,1-3H3,(H,35,38);3-17,25,31H,18-20H2,1-2H3,(H,32,37);3-14,24-25,30H,15-19H2,1-2H3,(H,31,34)/t2*27-;2*25-/m0000/s1. The van der Waals surface area contributed by atoms with Crippen LogP contribution in [0.2, 0.25) is 0 Å². The Morgan fingerprint density at radius 1 is 0.297 bits per heavy atom. The van der Waals surface area contributed by atoms with Gasteiger partial charge in [0.1, 0.15) is 11.4 Å². The molecule has 1 aliphatic heterocycles. The van der Waals surface area contributed by atoms with Crippen LogP contribution in [0.15, 0.2) is 346 Å². The van der Waals surface area contributed by atoms with Gasteiger partial charge in [-0.05, 0) is 224 Å². The van der Waals surface area contributed by atoms with Crippen molar-refractivity contribution in [2.45, 2.75) is 145 Å². The maximum atomic E-state index is 13.1. The number of imidazole rings is 4. The molecule has 19 aromatic rings. The Balaban J connectivity index is 0.000000135. The van der Waals surface area contributed by atoms with Gasteiger partial charge < -0.3 is 62.5 Å². The fourth-order valence-electron chi connectivity index (χ4n) is 19.1. The van der Waals surface area contributed by atoms with E-state index < -0.39 is 0 Å². The quantitative estimate of drug-likeness (QED) is 0.0198. The normalized spacial score (nSPS) is 12.6. The first kappa shape index (κ1) is 102. The number of aromatic nitrogens is 12. The average Bonchev–Trinajstić information content (AvgIpc) is 1.62. The topological polar surface area (TPSA) is 312 Å². The molecule has 4 amide bonds. The van der Waals surface area contributed by atoms with Crippen molar-refractivity contribution in [3.8, 4) is 0 Å². The monoisotopic (exact) mass is 1970 g/mol. The Kier molecular flexibility index (Phi) is 33.0. The van der Waals surface area contributed by atoms with Gasteiger partial charge in [-0.25, -0.2) is 4.98 Å². The zero-order valence-corrected chi connectivity index (χ0v) is 85.6. The second kappa shape index (κ2) is 47.6. The highest BCUT2D eigenvalue weighted by molar-refractivity contribution is 5.94. The lowest BCUT2D eigenvalue weighted by molar-refractivity contribution is -0.139. The number of rotatable bonds is 32. The summed E-state index contributed by atoms with van der Waals surface area (Å²) in [6.07, 6.45) is 5.92. The van der Waals surface area contributed by atoms with Gasteiger partial charge in [-0.1, -0.05) is 299 Å². The smallest absolute Gasteiger partial charge is 0.271 e.